The van der Waals surface area contributed by atoms with Crippen LogP contribution >= 0.6 is 0 Å². The fourth-order valence-electron chi connectivity index (χ4n) is 3.82. The van der Waals surface area contributed by atoms with Crippen LogP contribution in [0.1, 0.15) is 26.3 Å². The van der Waals surface area contributed by atoms with Gasteiger partial charge < -0.3 is 14.2 Å². The Kier molecular flexibility index (Phi) is 5.62. The number of rotatable bonds is 5. The van der Waals surface area contributed by atoms with Crippen molar-refractivity contribution in [1.82, 2.24) is 9.78 Å². The molecule has 35 heavy (non-hydrogen) atoms. The summed E-state index contributed by atoms with van der Waals surface area (Å²) in [6, 6.07) is 18.5. The van der Waals surface area contributed by atoms with E-state index in [1.165, 1.54) is 38.5 Å². The molecule has 2 heterocycles. The third-order valence-electron chi connectivity index (χ3n) is 5.56. The number of carbonyl (C=O) groups is 2. The maximum atomic E-state index is 14.5. The molecule has 0 unspecified atom stereocenters. The lowest BCUT2D eigenvalue weighted by Crippen LogP contribution is -2.03. The first kappa shape index (κ1) is 22.1. The standard InChI is InChI=1S/C27H19FN2O5/c1-33-23-11-8-16(13-21(23)28)25-18(15-30(29-25)19-6-4-3-5-7-19)14-24-26(31)20-12-17(27(32)34-2)9-10-22(20)35-24/h3-15H,1-2H3. The van der Waals surface area contributed by atoms with Crippen molar-refractivity contribution >= 4 is 17.8 Å². The van der Waals surface area contributed by atoms with Gasteiger partial charge in [-0.25, -0.2) is 13.9 Å². The van der Waals surface area contributed by atoms with E-state index >= 15 is 0 Å². The van der Waals surface area contributed by atoms with Gasteiger partial charge in [-0.3, -0.25) is 4.79 Å². The SMILES string of the molecule is COC(=O)c1ccc2c(c1)C(=O)C(=Cc1cn(-c3ccccc3)nc1-c1ccc(OC)c(F)c1)O2. The van der Waals surface area contributed by atoms with Crippen molar-refractivity contribution < 1.29 is 28.2 Å². The van der Waals surface area contributed by atoms with Crippen molar-refractivity contribution in [2.24, 2.45) is 0 Å². The van der Waals surface area contributed by atoms with Crippen LogP contribution in [0, 0.1) is 5.82 Å². The Morgan fingerprint density at radius 3 is 2.57 bits per heavy atom. The Balaban J connectivity index is 1.59. The van der Waals surface area contributed by atoms with E-state index < -0.39 is 11.8 Å². The summed E-state index contributed by atoms with van der Waals surface area (Å²) in [7, 11) is 2.66. The van der Waals surface area contributed by atoms with Gasteiger partial charge in [0.25, 0.3) is 0 Å². The summed E-state index contributed by atoms with van der Waals surface area (Å²) in [5.41, 5.74) is 2.79. The number of ether oxygens (including phenoxy) is 3. The number of Topliss-reactive ketones (excluding diaryl/α,β-unsaturated/α-hetero) is 1. The van der Waals surface area contributed by atoms with Gasteiger partial charge in [0.15, 0.2) is 17.3 Å². The van der Waals surface area contributed by atoms with Crippen molar-refractivity contribution in [2.45, 2.75) is 0 Å². The number of fused-ring (bicyclic) bond motifs is 1. The van der Waals surface area contributed by atoms with E-state index in [0.29, 0.717) is 22.6 Å². The second-order valence-electron chi connectivity index (χ2n) is 7.70. The molecule has 0 radical (unpaired) electrons. The zero-order chi connectivity index (χ0) is 24.5. The molecule has 174 valence electrons. The Hall–Kier alpha value is -4.72. The van der Waals surface area contributed by atoms with E-state index in [1.807, 2.05) is 30.3 Å². The number of para-hydroxylation sites is 1. The molecule has 0 amide bonds. The molecular weight excluding hydrogens is 451 g/mol. The highest BCUT2D eigenvalue weighted by atomic mass is 19.1. The highest BCUT2D eigenvalue weighted by molar-refractivity contribution is 6.15. The third-order valence-corrected chi connectivity index (χ3v) is 5.56. The summed E-state index contributed by atoms with van der Waals surface area (Å²) in [5.74, 6) is -0.960. The highest BCUT2D eigenvalue weighted by Gasteiger charge is 2.29. The van der Waals surface area contributed by atoms with Gasteiger partial charge in [0.1, 0.15) is 11.4 Å². The number of benzene rings is 3. The highest BCUT2D eigenvalue weighted by Crippen LogP contribution is 2.35. The number of methoxy groups -OCH3 is 2. The van der Waals surface area contributed by atoms with Crippen LogP contribution in [0.25, 0.3) is 23.0 Å². The van der Waals surface area contributed by atoms with Crippen molar-refractivity contribution in [1.29, 1.82) is 0 Å². The van der Waals surface area contributed by atoms with Crippen LogP contribution in [0.4, 0.5) is 4.39 Å². The normalized spacial score (nSPS) is 13.5. The van der Waals surface area contributed by atoms with E-state index in [0.717, 1.165) is 5.69 Å². The molecule has 0 bridgehead atoms. The fourth-order valence-corrected chi connectivity index (χ4v) is 3.82. The average Bonchev–Trinajstić information content (AvgIpc) is 3.45. The molecule has 4 aromatic rings. The smallest absolute Gasteiger partial charge is 0.337 e. The number of nitrogens with zero attached hydrogens (tertiary/aromatic N) is 2. The van der Waals surface area contributed by atoms with Crippen LogP contribution < -0.4 is 9.47 Å². The zero-order valence-corrected chi connectivity index (χ0v) is 18.8. The maximum absolute atomic E-state index is 14.5. The molecule has 0 fully saturated rings. The molecule has 5 rings (SSSR count). The molecule has 1 aromatic heterocycles. The minimum atomic E-state index is -0.550. The van der Waals surface area contributed by atoms with Gasteiger partial charge in [-0.2, -0.15) is 5.10 Å². The predicted molar refractivity (Wildman–Crippen MR) is 126 cm³/mol. The van der Waals surface area contributed by atoms with Gasteiger partial charge in [0.2, 0.25) is 5.78 Å². The Morgan fingerprint density at radius 2 is 1.86 bits per heavy atom. The number of aromatic nitrogens is 2. The number of hydrogen-bond donors (Lipinski definition) is 0. The molecule has 0 saturated heterocycles. The lowest BCUT2D eigenvalue weighted by molar-refractivity contribution is 0.0600. The molecule has 0 spiro atoms. The summed E-state index contributed by atoms with van der Waals surface area (Å²) in [4.78, 5) is 24.9. The minimum absolute atomic E-state index is 0.0601. The molecule has 3 aromatic carbocycles. The molecule has 0 atom stereocenters. The van der Waals surface area contributed by atoms with E-state index in [-0.39, 0.29) is 28.4 Å². The lowest BCUT2D eigenvalue weighted by Gasteiger charge is -2.05. The summed E-state index contributed by atoms with van der Waals surface area (Å²) in [6.07, 6.45) is 3.30. The van der Waals surface area contributed by atoms with E-state index in [2.05, 4.69) is 5.10 Å². The first-order valence-corrected chi connectivity index (χ1v) is 10.6. The summed E-state index contributed by atoms with van der Waals surface area (Å²) in [5, 5.41) is 4.65. The molecule has 0 N–H and O–H groups in total. The van der Waals surface area contributed by atoms with Gasteiger partial charge in [0, 0.05) is 17.3 Å². The van der Waals surface area contributed by atoms with E-state index in [9.17, 15) is 14.0 Å². The largest absolute Gasteiger partial charge is 0.494 e. The second-order valence-corrected chi connectivity index (χ2v) is 7.70. The van der Waals surface area contributed by atoms with Crippen LogP contribution in [-0.2, 0) is 4.74 Å². The fraction of sp³-hybridized carbons (Fsp3) is 0.0741. The van der Waals surface area contributed by atoms with Crippen molar-refractivity contribution in [3.05, 3.63) is 101 Å². The summed E-state index contributed by atoms with van der Waals surface area (Å²) in [6.45, 7) is 0. The minimum Gasteiger partial charge on any atom is -0.494 e. The van der Waals surface area contributed by atoms with Crippen molar-refractivity contribution in [3.8, 4) is 28.4 Å². The van der Waals surface area contributed by atoms with Gasteiger partial charge >= 0.3 is 5.97 Å². The van der Waals surface area contributed by atoms with Gasteiger partial charge in [-0.1, -0.05) is 18.2 Å². The first-order chi connectivity index (χ1) is 17.0. The van der Waals surface area contributed by atoms with Crippen LogP contribution in [0.5, 0.6) is 11.5 Å². The first-order valence-electron chi connectivity index (χ1n) is 10.6. The molecule has 0 aliphatic carbocycles. The van der Waals surface area contributed by atoms with Gasteiger partial charge in [0.05, 0.1) is 31.0 Å². The number of hydrogen-bond acceptors (Lipinski definition) is 6. The Bertz CT molecular complexity index is 1490. The number of esters is 1. The van der Waals surface area contributed by atoms with Crippen LogP contribution in [0.3, 0.4) is 0 Å². The van der Waals surface area contributed by atoms with Crippen molar-refractivity contribution in [3.63, 3.8) is 0 Å². The molecule has 0 saturated carbocycles. The van der Waals surface area contributed by atoms with Crippen LogP contribution in [0.2, 0.25) is 0 Å². The number of halogens is 1. The Labute approximate surface area is 200 Å². The maximum Gasteiger partial charge on any atom is 0.337 e. The van der Waals surface area contributed by atoms with Gasteiger partial charge in [-0.15, -0.1) is 0 Å². The summed E-state index contributed by atoms with van der Waals surface area (Å²) >= 11 is 0. The Morgan fingerprint density at radius 1 is 1.06 bits per heavy atom. The molecule has 1 aliphatic rings. The van der Waals surface area contributed by atoms with E-state index in [4.69, 9.17) is 14.2 Å². The number of allylic oxidation sites excluding steroid dienone is 1. The molecule has 7 nitrogen and oxygen atoms in total. The van der Waals surface area contributed by atoms with E-state index in [1.54, 1.807) is 29.1 Å². The summed E-state index contributed by atoms with van der Waals surface area (Å²) < 4.78 is 31.7. The second kappa shape index (κ2) is 8.90. The predicted octanol–water partition coefficient (Wildman–Crippen LogP) is 5.09. The van der Waals surface area contributed by atoms with Crippen LogP contribution in [-0.4, -0.2) is 35.8 Å². The lowest BCUT2D eigenvalue weighted by atomic mass is 10.0. The van der Waals surface area contributed by atoms with Crippen molar-refractivity contribution in [2.75, 3.05) is 14.2 Å². The third kappa shape index (κ3) is 4.06. The molecule has 1 aliphatic heterocycles. The topological polar surface area (TPSA) is 79.7 Å². The molecule has 8 heteroatoms. The quantitative estimate of drug-likeness (QED) is 0.299. The zero-order valence-electron chi connectivity index (χ0n) is 18.8. The van der Waals surface area contributed by atoms with Gasteiger partial charge in [-0.05, 0) is 54.6 Å². The number of carbonyl (C=O) groups excluding carboxylic acids is 2. The average molecular weight is 470 g/mol. The van der Waals surface area contributed by atoms with Crippen LogP contribution in [0.15, 0.2) is 78.7 Å². The number of ketones is 1. The monoisotopic (exact) mass is 470 g/mol. The molecular formula is C27H19FN2O5.